The second-order valence-electron chi connectivity index (χ2n) is 30.1. The van der Waals surface area contributed by atoms with Gasteiger partial charge in [0.05, 0.1) is 25.5 Å². The molecule has 7 aliphatic rings. The predicted octanol–water partition coefficient (Wildman–Crippen LogP) is 12.6. The minimum Gasteiger partial charge on any atom is -0.507 e. The molecule has 0 saturated heterocycles. The number of aromatic amines is 1. The monoisotopic (exact) mass is 1330 g/mol. The molecular weight excluding hydrogens is 1230 g/mol. The fraction of sp³-hybridized carbons (Fsp3) is 0.494. The molecule has 0 amide bonds. The van der Waals surface area contributed by atoms with Crippen molar-refractivity contribution in [2.24, 2.45) is 17.3 Å². The van der Waals surface area contributed by atoms with Gasteiger partial charge in [0.2, 0.25) is 0 Å². The van der Waals surface area contributed by atoms with E-state index in [-0.39, 0.29) is 79.5 Å². The van der Waals surface area contributed by atoms with Crippen molar-refractivity contribution >= 4 is 17.0 Å². The molecule has 1 spiro atoms. The van der Waals surface area contributed by atoms with Crippen molar-refractivity contribution in [3.8, 4) is 51.7 Å². The molecule has 2 fully saturated rings. The number of aryl methyl sites for hydroxylation is 3. The average molecular weight is 1330 g/mol. The van der Waals surface area contributed by atoms with Crippen molar-refractivity contribution in [2.75, 3.05) is 60.0 Å². The van der Waals surface area contributed by atoms with Gasteiger partial charge in [-0.05, 0) is 218 Å². The van der Waals surface area contributed by atoms with E-state index in [9.17, 15) is 25.5 Å². The molecule has 4 aliphatic carbocycles. The Morgan fingerprint density at radius 1 is 0.796 bits per heavy atom. The van der Waals surface area contributed by atoms with Gasteiger partial charge in [0.1, 0.15) is 41.1 Å². The number of H-pyrrole nitrogens is 1. The lowest BCUT2D eigenvalue weighted by atomic mass is 9.62. The molecular formula is C83H101N5O10. The van der Waals surface area contributed by atoms with Crippen molar-refractivity contribution in [1.82, 2.24) is 26.3 Å². The first-order valence-electron chi connectivity index (χ1n) is 36.5. The lowest BCUT2D eigenvalue weighted by Crippen LogP contribution is -2.62. The van der Waals surface area contributed by atoms with Crippen LogP contribution in [0.3, 0.4) is 0 Å². The highest BCUT2D eigenvalue weighted by molar-refractivity contribution is 5.90. The quantitative estimate of drug-likeness (QED) is 0.0147. The van der Waals surface area contributed by atoms with Gasteiger partial charge in [-0.1, -0.05) is 111 Å². The van der Waals surface area contributed by atoms with Gasteiger partial charge in [0.15, 0.2) is 17.6 Å². The molecule has 15 nitrogen and oxygen atoms in total. The van der Waals surface area contributed by atoms with Gasteiger partial charge in [0.25, 0.3) is 0 Å². The van der Waals surface area contributed by atoms with E-state index in [1.807, 2.05) is 50.6 Å². The Kier molecular flexibility index (Phi) is 20.5. The first-order chi connectivity index (χ1) is 47.7. The van der Waals surface area contributed by atoms with Crippen LogP contribution in [0.1, 0.15) is 165 Å². The summed E-state index contributed by atoms with van der Waals surface area (Å²) in [5, 5.41) is 75.3. The molecule has 518 valence electrons. The predicted molar refractivity (Wildman–Crippen MR) is 385 cm³/mol. The first-order valence-corrected chi connectivity index (χ1v) is 36.5. The summed E-state index contributed by atoms with van der Waals surface area (Å²) >= 11 is 0. The summed E-state index contributed by atoms with van der Waals surface area (Å²) in [4.78, 5) is 3.44. The van der Waals surface area contributed by atoms with Crippen molar-refractivity contribution in [3.63, 3.8) is 0 Å². The van der Waals surface area contributed by atoms with E-state index in [0.717, 1.165) is 106 Å². The van der Waals surface area contributed by atoms with Gasteiger partial charge >= 0.3 is 0 Å². The Labute approximate surface area is 578 Å². The Balaban J connectivity index is 0.949. The maximum atomic E-state index is 12.5. The number of nitrogens with one attached hydrogen (secondary N) is 5. The molecule has 15 heteroatoms. The molecule has 10 N–H and O–H groups in total. The van der Waals surface area contributed by atoms with Gasteiger partial charge in [-0.2, -0.15) is 0 Å². The molecule has 14 rings (SSSR count). The molecule has 7 aromatic rings. The number of aromatic nitrogens is 1. The maximum Gasteiger partial charge on any atom is 0.162 e. The van der Waals surface area contributed by atoms with Crippen LogP contribution >= 0.6 is 0 Å². The molecule has 6 aromatic carbocycles. The first kappa shape index (κ1) is 68.0. The SMILES string of the molecule is COC[C@@H]1CCC[C@@]12CCC[C@@H](NCO[C@]13Cc4c5c(c6c(c4O[C@@H]1c1cc(CCc4ccccc4)c(O)c(c1)O[C@H](CO)CC#C[C@@H]3NCNC[C@@](C)(O)CC(C)C)CC[C@@H](CO)O6)-c1ccc(O)c3c1[C@H](C5)[C@@H](c1ccc4[nH]ccc4c1)C(CNCCCc1ccccc1)=C3)C2. The molecule has 0 radical (unpaired) electrons. The number of aliphatic hydroxyl groups excluding tert-OH is 2. The summed E-state index contributed by atoms with van der Waals surface area (Å²) in [5.74, 6) is 9.61. The van der Waals surface area contributed by atoms with Gasteiger partial charge in [-0.25, -0.2) is 0 Å². The largest absolute Gasteiger partial charge is 0.507 e. The number of aromatic hydroxyl groups is 2. The van der Waals surface area contributed by atoms with E-state index in [2.05, 4.69) is 137 Å². The lowest BCUT2D eigenvalue weighted by Gasteiger charge is -2.50. The third-order valence-corrected chi connectivity index (χ3v) is 22.8. The zero-order chi connectivity index (χ0) is 67.5. The van der Waals surface area contributed by atoms with Crippen LogP contribution in [0.2, 0.25) is 0 Å². The number of ether oxygens (including phenoxy) is 5. The lowest BCUT2D eigenvalue weighted by molar-refractivity contribution is -0.145. The fourth-order valence-electron chi connectivity index (χ4n) is 18.4. The van der Waals surface area contributed by atoms with E-state index in [1.54, 1.807) is 0 Å². The van der Waals surface area contributed by atoms with Gasteiger partial charge in [0, 0.05) is 92.2 Å². The Hall–Kier alpha value is -7.20. The minimum atomic E-state index is -1.36. The van der Waals surface area contributed by atoms with Crippen LogP contribution in [0, 0.1) is 29.1 Å². The third kappa shape index (κ3) is 13.9. The number of aliphatic hydroxyl groups is 3. The number of rotatable bonds is 25. The van der Waals surface area contributed by atoms with E-state index in [1.165, 1.54) is 42.4 Å². The zero-order valence-corrected chi connectivity index (χ0v) is 57.7. The van der Waals surface area contributed by atoms with Crippen LogP contribution < -0.4 is 35.5 Å². The summed E-state index contributed by atoms with van der Waals surface area (Å²) in [5.41, 5.74) is 11.9. The second kappa shape index (κ2) is 29.6. The highest BCUT2D eigenvalue weighted by Gasteiger charge is 2.56. The minimum absolute atomic E-state index is 0.00411. The maximum absolute atomic E-state index is 12.5. The van der Waals surface area contributed by atoms with E-state index in [0.29, 0.717) is 81.0 Å². The normalized spacial score (nSPS) is 25.8. The highest BCUT2D eigenvalue weighted by Crippen LogP contribution is 2.62. The summed E-state index contributed by atoms with van der Waals surface area (Å²) in [7, 11) is 1.84. The molecule has 3 aliphatic heterocycles. The Bertz CT molecular complexity index is 4050. The second-order valence-corrected chi connectivity index (χ2v) is 30.1. The van der Waals surface area contributed by atoms with Gasteiger partial charge in [-0.15, -0.1) is 0 Å². The third-order valence-electron chi connectivity index (χ3n) is 22.8. The van der Waals surface area contributed by atoms with Crippen LogP contribution in [-0.2, 0) is 48.0 Å². The van der Waals surface area contributed by atoms with Crippen molar-refractivity contribution in [3.05, 3.63) is 177 Å². The van der Waals surface area contributed by atoms with Crippen molar-refractivity contribution in [1.29, 1.82) is 0 Å². The Morgan fingerprint density at radius 2 is 1.59 bits per heavy atom. The standard InChI is InChI=1S/C83H101N5O10/c1-52(2)42-81(3,93)49-85-50-87-73-23-11-22-62(46-89)96-72-40-58(38-57(77(72)92)25-24-54-17-9-6-10-18-54)80-83(73,95-51-88-61-21-13-34-82(43-61)33-12-20-60(82)48-94-4)44-69-66-41-68-74(56-26-30-70-55(37-56)32-36-86-70)59(45-84-35-14-19-53-15-7-5-8-16-53)39-67-71(91)31-29-64(75(67)68)76(66)79-65(78(69)98-80)28-27-63(47-90)97-79/h5-10,15-18,26,29-32,36-40,52,60-63,68,73-74,80,84-93H,12-14,19-22,24-25,27-28,33-35,41-51H2,1-4H3/t60-,61+,62-,63-,68+,73-,74-,80+,81-,82-,83-/m0/s1. The van der Waals surface area contributed by atoms with Crippen molar-refractivity contribution in [2.45, 2.75) is 183 Å². The number of phenols is 2. The van der Waals surface area contributed by atoms with E-state index < -0.39 is 35.6 Å². The fourth-order valence-corrected chi connectivity index (χ4v) is 18.4. The summed E-state index contributed by atoms with van der Waals surface area (Å²) in [6.07, 6.45) is 15.7. The van der Waals surface area contributed by atoms with Crippen LogP contribution in [0.15, 0.2) is 121 Å². The molecule has 4 heterocycles. The summed E-state index contributed by atoms with van der Waals surface area (Å²) in [6, 6.07) is 37.2. The average Bonchev–Trinajstić information content (AvgIpc) is 0.898. The smallest absolute Gasteiger partial charge is 0.162 e. The molecule has 0 unspecified atom stereocenters. The Morgan fingerprint density at radius 3 is 2.38 bits per heavy atom. The summed E-state index contributed by atoms with van der Waals surface area (Å²) < 4.78 is 36.0. The number of hydrogen-bond acceptors (Lipinski definition) is 14. The highest BCUT2D eigenvalue weighted by atomic mass is 16.6. The number of phenolic OH excluding ortho intramolecular Hbond substituents is 2. The van der Waals surface area contributed by atoms with E-state index in [4.69, 9.17) is 23.7 Å². The molecule has 11 atom stereocenters. The number of methoxy groups -OCH3 is 1. The van der Waals surface area contributed by atoms with Gasteiger partial charge < -0.3 is 64.8 Å². The van der Waals surface area contributed by atoms with Gasteiger partial charge in [-0.3, -0.25) is 10.6 Å². The number of fused-ring (bicyclic) bond motifs is 12. The molecule has 1 aromatic heterocycles. The van der Waals surface area contributed by atoms with Crippen LogP contribution in [0.5, 0.6) is 28.7 Å². The number of benzene rings is 6. The molecule has 98 heavy (non-hydrogen) atoms. The van der Waals surface area contributed by atoms with Crippen molar-refractivity contribution < 1.29 is 49.2 Å². The van der Waals surface area contributed by atoms with E-state index >= 15 is 0 Å². The van der Waals surface area contributed by atoms with Crippen LogP contribution in [0.25, 0.3) is 28.1 Å². The van der Waals surface area contributed by atoms with Crippen LogP contribution in [0.4, 0.5) is 0 Å². The zero-order valence-electron chi connectivity index (χ0n) is 57.7. The summed E-state index contributed by atoms with van der Waals surface area (Å²) in [6.45, 7) is 8.55. The van der Waals surface area contributed by atoms with Crippen LogP contribution in [-0.4, -0.2) is 126 Å². The molecule has 2 saturated carbocycles. The topological polar surface area (TPSA) is 211 Å². The molecule has 2 bridgehead atoms. The number of hydrogen-bond donors (Lipinski definition) is 10.